The zero-order chi connectivity index (χ0) is 23.0. The van der Waals surface area contributed by atoms with E-state index in [2.05, 4.69) is 4.98 Å². The van der Waals surface area contributed by atoms with Crippen LogP contribution in [0.25, 0.3) is 10.9 Å². The van der Waals surface area contributed by atoms with E-state index < -0.39 is 11.2 Å². The quantitative estimate of drug-likeness (QED) is 0.254. The number of rotatable bonds is 6. The van der Waals surface area contributed by atoms with Gasteiger partial charge >= 0.3 is 5.97 Å². The molecule has 168 valence electrons. The molecule has 2 aromatic heterocycles. The number of esters is 1. The predicted octanol–water partition coefficient (Wildman–Crippen LogP) is 4.61. The highest BCUT2D eigenvalue weighted by atomic mass is 32.2. The molecule has 4 rings (SSSR count). The highest BCUT2D eigenvalue weighted by Crippen LogP contribution is 2.34. The molecule has 1 unspecified atom stereocenters. The van der Waals surface area contributed by atoms with Gasteiger partial charge < -0.3 is 9.72 Å². The van der Waals surface area contributed by atoms with Crippen molar-refractivity contribution in [2.24, 2.45) is 0 Å². The largest absolute Gasteiger partial charge is 0.465 e. The summed E-state index contributed by atoms with van der Waals surface area (Å²) in [6.07, 6.45) is 4.04. The van der Waals surface area contributed by atoms with E-state index in [1.165, 1.54) is 18.9 Å². The van der Waals surface area contributed by atoms with Crippen LogP contribution in [-0.4, -0.2) is 38.6 Å². The molecular formula is C24H27N3O4S. The van der Waals surface area contributed by atoms with Crippen LogP contribution in [0.4, 0.5) is 0 Å². The molecular weight excluding hydrogens is 426 g/mol. The molecule has 1 aliphatic rings. The van der Waals surface area contributed by atoms with Crippen molar-refractivity contribution in [1.29, 1.82) is 0 Å². The summed E-state index contributed by atoms with van der Waals surface area (Å²) in [5, 5.41) is 0.662. The van der Waals surface area contributed by atoms with Crippen LogP contribution in [0.3, 0.4) is 0 Å². The Hall–Kier alpha value is -2.87. The van der Waals surface area contributed by atoms with Crippen LogP contribution in [0.2, 0.25) is 0 Å². The van der Waals surface area contributed by atoms with Crippen molar-refractivity contribution in [3.05, 3.63) is 57.1 Å². The van der Waals surface area contributed by atoms with Gasteiger partial charge in [-0.15, -0.1) is 0 Å². The fourth-order valence-corrected chi connectivity index (χ4v) is 5.55. The summed E-state index contributed by atoms with van der Waals surface area (Å²) in [4.78, 5) is 46.6. The van der Waals surface area contributed by atoms with E-state index in [4.69, 9.17) is 9.72 Å². The Morgan fingerprint density at radius 3 is 2.59 bits per heavy atom. The molecule has 0 radical (unpaired) electrons. The molecule has 0 spiro atoms. The minimum Gasteiger partial charge on any atom is -0.465 e. The lowest BCUT2D eigenvalue weighted by atomic mass is 10.1. The Kier molecular flexibility index (Phi) is 6.24. The monoisotopic (exact) mass is 453 g/mol. The third-order valence-corrected chi connectivity index (χ3v) is 7.26. The number of H-pyrrole nitrogens is 1. The second kappa shape index (κ2) is 8.94. The predicted molar refractivity (Wildman–Crippen MR) is 125 cm³/mol. The first-order chi connectivity index (χ1) is 15.3. The van der Waals surface area contributed by atoms with Crippen LogP contribution in [0.15, 0.2) is 34.2 Å². The molecule has 1 N–H and O–H groups in total. The number of methoxy groups -OCH3 is 1. The number of hydrogen-bond donors (Lipinski definition) is 1. The van der Waals surface area contributed by atoms with Gasteiger partial charge in [0, 0.05) is 11.7 Å². The van der Waals surface area contributed by atoms with Gasteiger partial charge in [0.1, 0.15) is 0 Å². The zero-order valence-electron chi connectivity index (χ0n) is 18.7. The first kappa shape index (κ1) is 22.3. The summed E-state index contributed by atoms with van der Waals surface area (Å²) in [5.41, 5.74) is 2.53. The molecule has 0 bridgehead atoms. The molecule has 0 amide bonds. The maximum atomic E-state index is 13.3. The van der Waals surface area contributed by atoms with Crippen molar-refractivity contribution in [3.8, 4) is 0 Å². The summed E-state index contributed by atoms with van der Waals surface area (Å²) < 4.78 is 6.64. The number of benzene rings is 1. The van der Waals surface area contributed by atoms with Gasteiger partial charge in [0.25, 0.3) is 5.56 Å². The SMILES string of the molecule is COC(=O)c1c(C)[nH]c(C(=O)C(C)Sc2nc3ccccc3c(=O)n2C2CCCC2)c1C. The number of nitrogens with one attached hydrogen (secondary N) is 1. The van der Waals surface area contributed by atoms with E-state index >= 15 is 0 Å². The summed E-state index contributed by atoms with van der Waals surface area (Å²) in [7, 11) is 1.32. The normalized spacial score (nSPS) is 15.2. The van der Waals surface area contributed by atoms with Crippen LogP contribution in [0, 0.1) is 13.8 Å². The van der Waals surface area contributed by atoms with Gasteiger partial charge in [-0.25, -0.2) is 9.78 Å². The average molecular weight is 454 g/mol. The van der Waals surface area contributed by atoms with Gasteiger partial charge in [0.15, 0.2) is 10.9 Å². The summed E-state index contributed by atoms with van der Waals surface area (Å²) in [6, 6.07) is 7.44. The first-order valence-electron chi connectivity index (χ1n) is 10.8. The molecule has 8 heteroatoms. The number of ketones is 1. The fraction of sp³-hybridized carbons (Fsp3) is 0.417. The molecule has 1 saturated carbocycles. The number of Topliss-reactive ketones (excluding diaryl/α,β-unsaturated/α-hetero) is 1. The smallest absolute Gasteiger partial charge is 0.339 e. The Labute approximate surface area is 190 Å². The number of hydrogen-bond acceptors (Lipinski definition) is 6. The van der Waals surface area contributed by atoms with Gasteiger partial charge in [-0.3, -0.25) is 14.2 Å². The number of thioether (sulfide) groups is 1. The maximum Gasteiger partial charge on any atom is 0.339 e. The van der Waals surface area contributed by atoms with E-state index in [-0.39, 0.29) is 17.4 Å². The van der Waals surface area contributed by atoms with Gasteiger partial charge in [-0.1, -0.05) is 36.7 Å². The third kappa shape index (κ3) is 3.88. The highest BCUT2D eigenvalue weighted by Gasteiger charge is 2.29. The van der Waals surface area contributed by atoms with Crippen molar-refractivity contribution in [2.75, 3.05) is 7.11 Å². The highest BCUT2D eigenvalue weighted by molar-refractivity contribution is 8.00. The van der Waals surface area contributed by atoms with Crippen molar-refractivity contribution in [3.63, 3.8) is 0 Å². The molecule has 2 heterocycles. The van der Waals surface area contributed by atoms with Crippen LogP contribution < -0.4 is 5.56 Å². The van der Waals surface area contributed by atoms with Crippen LogP contribution in [0.5, 0.6) is 0 Å². The van der Waals surface area contributed by atoms with E-state index in [1.54, 1.807) is 31.4 Å². The Bertz CT molecular complexity index is 1250. The molecule has 1 fully saturated rings. The van der Waals surface area contributed by atoms with Crippen molar-refractivity contribution in [1.82, 2.24) is 14.5 Å². The summed E-state index contributed by atoms with van der Waals surface area (Å²) >= 11 is 1.29. The number of aromatic amines is 1. The maximum absolute atomic E-state index is 13.3. The number of aromatic nitrogens is 3. The van der Waals surface area contributed by atoms with E-state index in [1.807, 2.05) is 18.2 Å². The number of ether oxygens (including phenoxy) is 1. The zero-order valence-corrected chi connectivity index (χ0v) is 19.5. The van der Waals surface area contributed by atoms with E-state index in [9.17, 15) is 14.4 Å². The Morgan fingerprint density at radius 2 is 1.91 bits per heavy atom. The van der Waals surface area contributed by atoms with Crippen molar-refractivity contribution in [2.45, 2.75) is 62.9 Å². The lowest BCUT2D eigenvalue weighted by molar-refractivity contribution is 0.0599. The molecule has 0 aliphatic heterocycles. The molecule has 32 heavy (non-hydrogen) atoms. The number of aryl methyl sites for hydroxylation is 1. The molecule has 7 nitrogen and oxygen atoms in total. The first-order valence-corrected chi connectivity index (χ1v) is 11.7. The minimum atomic E-state index is -0.502. The molecule has 1 aromatic carbocycles. The fourth-order valence-electron chi connectivity index (χ4n) is 4.51. The minimum absolute atomic E-state index is 0.0514. The summed E-state index contributed by atoms with van der Waals surface area (Å²) in [5.74, 6) is -0.618. The summed E-state index contributed by atoms with van der Waals surface area (Å²) in [6.45, 7) is 5.29. The second-order valence-corrected chi connectivity index (χ2v) is 9.57. The standard InChI is InChI=1S/C24H27N3O4S/c1-13-19(23(30)31-4)14(2)25-20(13)21(28)15(3)32-24-26-18-12-8-7-11-17(18)22(29)27(24)16-9-5-6-10-16/h7-8,11-12,15-16,25H,5-6,9-10H2,1-4H3. The molecule has 3 aromatic rings. The average Bonchev–Trinajstić information content (AvgIpc) is 3.41. The van der Waals surface area contributed by atoms with E-state index in [0.29, 0.717) is 38.6 Å². The second-order valence-electron chi connectivity index (χ2n) is 8.27. The number of para-hydroxylation sites is 1. The number of carbonyl (C=O) groups is 2. The van der Waals surface area contributed by atoms with Crippen molar-refractivity contribution < 1.29 is 14.3 Å². The van der Waals surface area contributed by atoms with Gasteiger partial charge in [0.2, 0.25) is 0 Å². The van der Waals surface area contributed by atoms with Crippen LogP contribution in [-0.2, 0) is 4.74 Å². The van der Waals surface area contributed by atoms with Crippen molar-refractivity contribution >= 4 is 34.4 Å². The van der Waals surface area contributed by atoms with Crippen LogP contribution in [0.1, 0.15) is 70.8 Å². The number of fused-ring (bicyclic) bond motifs is 1. The number of carbonyl (C=O) groups excluding carboxylic acids is 2. The van der Waals surface area contributed by atoms with E-state index in [0.717, 1.165) is 25.7 Å². The lowest BCUT2D eigenvalue weighted by Crippen LogP contribution is -2.27. The number of nitrogens with zero attached hydrogens (tertiary/aromatic N) is 2. The Morgan fingerprint density at radius 1 is 1.22 bits per heavy atom. The molecule has 0 saturated heterocycles. The lowest BCUT2D eigenvalue weighted by Gasteiger charge is -2.20. The van der Waals surface area contributed by atoms with Gasteiger partial charge in [0.05, 0.1) is 34.5 Å². The topological polar surface area (TPSA) is 94.1 Å². The third-order valence-electron chi connectivity index (χ3n) is 6.19. The van der Waals surface area contributed by atoms with Gasteiger partial charge in [-0.05, 0) is 51.3 Å². The van der Waals surface area contributed by atoms with Crippen LogP contribution >= 0.6 is 11.8 Å². The molecule has 1 atom stereocenters. The Balaban J connectivity index is 1.72. The van der Waals surface area contributed by atoms with Gasteiger partial charge in [-0.2, -0.15) is 0 Å². The molecule has 1 aliphatic carbocycles.